The summed E-state index contributed by atoms with van der Waals surface area (Å²) in [6.07, 6.45) is 1.61. The van der Waals surface area contributed by atoms with E-state index in [0.717, 1.165) is 12.8 Å². The molecule has 4 nitrogen and oxygen atoms in total. The van der Waals surface area contributed by atoms with Crippen molar-refractivity contribution < 1.29 is 14.2 Å². The van der Waals surface area contributed by atoms with Crippen LogP contribution in [0.15, 0.2) is 0 Å². The molecule has 2 rings (SSSR count). The Kier molecular flexibility index (Phi) is 1.88. The van der Waals surface area contributed by atoms with Crippen molar-refractivity contribution in [1.82, 2.24) is 0 Å². The van der Waals surface area contributed by atoms with E-state index < -0.39 is 5.97 Å². The molecular weight excluding hydrogens is 158 g/mol. The summed E-state index contributed by atoms with van der Waals surface area (Å²) in [6, 6.07) is 0. The topological polar surface area (TPSA) is 53.7 Å². The minimum atomic E-state index is -0.756. The molecule has 2 aliphatic rings. The molecule has 2 fully saturated rings. The smallest absolute Gasteiger partial charge is 0.283 e. The van der Waals surface area contributed by atoms with Crippen molar-refractivity contribution in [1.29, 1.82) is 0 Å². The lowest BCUT2D eigenvalue weighted by atomic mass is 10.1. The van der Waals surface area contributed by atoms with E-state index in [1.165, 1.54) is 0 Å². The fraction of sp³-hybridized carbons (Fsp3) is 1.00. The molecule has 0 saturated carbocycles. The van der Waals surface area contributed by atoms with Gasteiger partial charge >= 0.3 is 0 Å². The van der Waals surface area contributed by atoms with Crippen molar-refractivity contribution in [3.63, 3.8) is 0 Å². The summed E-state index contributed by atoms with van der Waals surface area (Å²) in [5, 5.41) is 0. The Balaban J connectivity index is 1.96. The molecule has 0 radical (unpaired) electrons. The second kappa shape index (κ2) is 2.67. The van der Waals surface area contributed by atoms with Gasteiger partial charge in [-0.3, -0.25) is 0 Å². The van der Waals surface area contributed by atoms with Gasteiger partial charge in [-0.25, -0.2) is 0 Å². The largest absolute Gasteiger partial charge is 0.330 e. The lowest BCUT2D eigenvalue weighted by Gasteiger charge is -2.23. The number of hydrogen-bond acceptors (Lipinski definition) is 4. The Bertz CT molecular complexity index is 175. The van der Waals surface area contributed by atoms with Crippen LogP contribution < -0.4 is 5.73 Å². The minimum absolute atomic E-state index is 0.214. The van der Waals surface area contributed by atoms with E-state index >= 15 is 0 Å². The quantitative estimate of drug-likeness (QED) is 0.663. The van der Waals surface area contributed by atoms with Crippen molar-refractivity contribution in [2.45, 2.75) is 31.3 Å². The fourth-order valence-corrected chi connectivity index (χ4v) is 1.62. The van der Waals surface area contributed by atoms with Gasteiger partial charge in [0.05, 0.1) is 13.2 Å². The molecule has 0 amide bonds. The number of nitrogens with two attached hydrogens (primary N) is 1. The highest BCUT2D eigenvalue weighted by Crippen LogP contribution is 2.42. The summed E-state index contributed by atoms with van der Waals surface area (Å²) in [5.41, 5.74) is 5.19. The van der Waals surface area contributed by atoms with Gasteiger partial charge in [0.25, 0.3) is 5.97 Å². The maximum absolute atomic E-state index is 5.65. The van der Waals surface area contributed by atoms with Crippen LogP contribution in [0.1, 0.15) is 19.8 Å². The van der Waals surface area contributed by atoms with E-state index in [0.29, 0.717) is 19.8 Å². The monoisotopic (exact) mass is 173 g/mol. The molecule has 12 heavy (non-hydrogen) atoms. The maximum Gasteiger partial charge on any atom is 0.283 e. The first-order valence-electron chi connectivity index (χ1n) is 4.36. The molecule has 2 heterocycles. The molecular formula is C8H15NO3. The second-order valence-corrected chi connectivity index (χ2v) is 3.70. The first kappa shape index (κ1) is 8.44. The van der Waals surface area contributed by atoms with Crippen molar-refractivity contribution in [3.05, 3.63) is 0 Å². The van der Waals surface area contributed by atoms with Crippen LogP contribution in [-0.4, -0.2) is 31.3 Å². The zero-order chi connectivity index (χ0) is 8.66. The van der Waals surface area contributed by atoms with Crippen LogP contribution in [-0.2, 0) is 14.2 Å². The maximum atomic E-state index is 5.65. The van der Waals surface area contributed by atoms with Crippen LogP contribution in [0.4, 0.5) is 0 Å². The standard InChI is InChI=1S/C8H15NO3/c1-7-5-10-8(12-7,11-6-7)3-2-4-9/h2-6,9H2,1H3. The van der Waals surface area contributed by atoms with Gasteiger partial charge in [0, 0.05) is 6.42 Å². The molecule has 0 unspecified atom stereocenters. The van der Waals surface area contributed by atoms with E-state index in [4.69, 9.17) is 19.9 Å². The SMILES string of the molecule is CC12COC(CCCN)(OC1)O2. The predicted octanol–water partition coefficient (Wildman–Crippen LogP) is 0.215. The third-order valence-corrected chi connectivity index (χ3v) is 2.28. The first-order valence-corrected chi connectivity index (χ1v) is 4.36. The normalized spacial score (nSPS) is 45.5. The minimum Gasteiger partial charge on any atom is -0.330 e. The van der Waals surface area contributed by atoms with Crippen LogP contribution in [0.5, 0.6) is 0 Å². The van der Waals surface area contributed by atoms with E-state index in [2.05, 4.69) is 0 Å². The Morgan fingerprint density at radius 2 is 2.00 bits per heavy atom. The van der Waals surface area contributed by atoms with Crippen LogP contribution in [0.2, 0.25) is 0 Å². The zero-order valence-corrected chi connectivity index (χ0v) is 7.34. The summed E-state index contributed by atoms with van der Waals surface area (Å²) in [6.45, 7) is 3.92. The molecule has 0 aromatic carbocycles. The highest BCUT2D eigenvalue weighted by Gasteiger charge is 2.55. The Labute approximate surface area is 72.0 Å². The lowest BCUT2D eigenvalue weighted by Crippen LogP contribution is -2.34. The molecule has 0 aromatic rings. The average Bonchev–Trinajstić information content (AvgIpc) is 2.55. The third-order valence-electron chi connectivity index (χ3n) is 2.28. The summed E-state index contributed by atoms with van der Waals surface area (Å²) in [4.78, 5) is 0. The molecule has 0 spiro atoms. The van der Waals surface area contributed by atoms with Gasteiger partial charge in [-0.05, 0) is 19.9 Å². The number of hydrogen-bond donors (Lipinski definition) is 1. The lowest BCUT2D eigenvalue weighted by molar-refractivity contribution is -0.301. The van der Waals surface area contributed by atoms with Crippen LogP contribution in [0.3, 0.4) is 0 Å². The molecule has 4 heteroatoms. The molecule has 2 N–H and O–H groups in total. The summed E-state index contributed by atoms with van der Waals surface area (Å²) in [5.74, 6) is -0.756. The highest BCUT2D eigenvalue weighted by atomic mass is 16.9. The number of fused-ring (bicyclic) bond motifs is 2. The van der Waals surface area contributed by atoms with E-state index in [1.807, 2.05) is 6.92 Å². The van der Waals surface area contributed by atoms with Gasteiger partial charge in [-0.1, -0.05) is 0 Å². The van der Waals surface area contributed by atoms with Gasteiger partial charge in [0.1, 0.15) is 5.60 Å². The molecule has 70 valence electrons. The predicted molar refractivity (Wildman–Crippen MR) is 42.4 cm³/mol. The van der Waals surface area contributed by atoms with Gasteiger partial charge in [-0.15, -0.1) is 0 Å². The zero-order valence-electron chi connectivity index (χ0n) is 7.34. The molecule has 0 aliphatic carbocycles. The van der Waals surface area contributed by atoms with Crippen molar-refractivity contribution >= 4 is 0 Å². The van der Waals surface area contributed by atoms with Gasteiger partial charge in [-0.2, -0.15) is 0 Å². The first-order chi connectivity index (χ1) is 5.68. The van der Waals surface area contributed by atoms with Crippen molar-refractivity contribution in [2.24, 2.45) is 5.73 Å². The molecule has 0 atom stereocenters. The number of ether oxygens (including phenoxy) is 3. The van der Waals surface area contributed by atoms with E-state index in [9.17, 15) is 0 Å². The van der Waals surface area contributed by atoms with Crippen LogP contribution >= 0.6 is 0 Å². The van der Waals surface area contributed by atoms with Gasteiger partial charge in [0.15, 0.2) is 0 Å². The molecule has 2 bridgehead atoms. The van der Waals surface area contributed by atoms with E-state index in [-0.39, 0.29) is 5.60 Å². The van der Waals surface area contributed by atoms with Gasteiger partial charge in [0.2, 0.25) is 0 Å². The molecule has 2 saturated heterocycles. The van der Waals surface area contributed by atoms with Crippen molar-refractivity contribution in [2.75, 3.05) is 19.8 Å². The Morgan fingerprint density at radius 3 is 2.42 bits per heavy atom. The summed E-state index contributed by atoms with van der Waals surface area (Å²) >= 11 is 0. The fourth-order valence-electron chi connectivity index (χ4n) is 1.62. The average molecular weight is 173 g/mol. The number of rotatable bonds is 3. The highest BCUT2D eigenvalue weighted by molar-refractivity contribution is 4.89. The second-order valence-electron chi connectivity index (χ2n) is 3.70. The van der Waals surface area contributed by atoms with Gasteiger partial charge < -0.3 is 19.9 Å². The van der Waals surface area contributed by atoms with E-state index in [1.54, 1.807) is 0 Å². The summed E-state index contributed by atoms with van der Waals surface area (Å²) in [7, 11) is 0. The molecule has 2 aliphatic heterocycles. The van der Waals surface area contributed by atoms with Crippen LogP contribution in [0, 0.1) is 0 Å². The van der Waals surface area contributed by atoms with Crippen LogP contribution in [0.25, 0.3) is 0 Å². The summed E-state index contributed by atoms with van der Waals surface area (Å²) < 4.78 is 16.5. The molecule has 0 aromatic heterocycles. The third kappa shape index (κ3) is 1.25. The Morgan fingerprint density at radius 1 is 1.33 bits per heavy atom. The Hall–Kier alpha value is -0.160. The van der Waals surface area contributed by atoms with Crippen molar-refractivity contribution in [3.8, 4) is 0 Å².